The van der Waals surface area contributed by atoms with Crippen molar-refractivity contribution in [3.05, 3.63) is 29.6 Å². The van der Waals surface area contributed by atoms with Crippen molar-refractivity contribution in [3.8, 4) is 0 Å². The van der Waals surface area contributed by atoms with Crippen LogP contribution in [0.15, 0.2) is 18.2 Å². The molecule has 4 heteroatoms. The number of amides is 1. The molecule has 3 N–H and O–H groups in total. The third kappa shape index (κ3) is 3.46. The third-order valence-electron chi connectivity index (χ3n) is 3.95. The lowest BCUT2D eigenvalue weighted by molar-refractivity contribution is 0.0915. The lowest BCUT2D eigenvalue weighted by atomic mass is 9.84. The maximum atomic E-state index is 13.7. The van der Waals surface area contributed by atoms with E-state index in [1.54, 1.807) is 6.07 Å². The predicted octanol–water partition coefficient (Wildman–Crippen LogP) is 3.11. The van der Waals surface area contributed by atoms with Crippen LogP contribution in [0, 0.1) is 11.7 Å². The molecule has 0 aromatic heterocycles. The summed E-state index contributed by atoms with van der Waals surface area (Å²) in [5, 5.41) is 2.91. The molecule has 0 aliphatic heterocycles. The number of hydrogen-bond acceptors (Lipinski definition) is 2. The Bertz CT molecular complexity index is 455. The van der Waals surface area contributed by atoms with Crippen molar-refractivity contribution in [3.63, 3.8) is 0 Å². The molecule has 19 heavy (non-hydrogen) atoms. The molecular formula is C15H21FN2O. The molecule has 1 aromatic rings. The summed E-state index contributed by atoms with van der Waals surface area (Å²) in [4.78, 5) is 12.0. The van der Waals surface area contributed by atoms with Gasteiger partial charge in [0.1, 0.15) is 5.82 Å². The number of benzene rings is 1. The summed E-state index contributed by atoms with van der Waals surface area (Å²) in [6.45, 7) is 2.00. The lowest BCUT2D eigenvalue weighted by Gasteiger charge is -2.28. The third-order valence-corrected chi connectivity index (χ3v) is 3.95. The Hall–Kier alpha value is -1.58. The summed E-state index contributed by atoms with van der Waals surface area (Å²) in [5.74, 6) is -0.404. The van der Waals surface area contributed by atoms with Crippen molar-refractivity contribution in [2.24, 2.45) is 5.92 Å². The minimum absolute atomic E-state index is 0.0665. The Labute approximate surface area is 113 Å². The molecule has 1 saturated carbocycles. The van der Waals surface area contributed by atoms with Gasteiger partial charge >= 0.3 is 0 Å². The molecule has 0 saturated heterocycles. The Kier molecular flexibility index (Phi) is 4.40. The van der Waals surface area contributed by atoms with E-state index in [1.807, 2.05) is 6.92 Å². The Balaban J connectivity index is 1.99. The Morgan fingerprint density at radius 3 is 2.68 bits per heavy atom. The van der Waals surface area contributed by atoms with Crippen molar-refractivity contribution in [1.29, 1.82) is 0 Å². The van der Waals surface area contributed by atoms with E-state index in [4.69, 9.17) is 5.73 Å². The summed E-state index contributed by atoms with van der Waals surface area (Å²) in [7, 11) is 0. The first-order chi connectivity index (χ1) is 9.08. The summed E-state index contributed by atoms with van der Waals surface area (Å²) in [6, 6.07) is 4.25. The van der Waals surface area contributed by atoms with Gasteiger partial charge in [-0.25, -0.2) is 4.39 Å². The van der Waals surface area contributed by atoms with Gasteiger partial charge in [0.25, 0.3) is 5.91 Å². The summed E-state index contributed by atoms with van der Waals surface area (Å²) in [5.41, 5.74) is 5.87. The van der Waals surface area contributed by atoms with Gasteiger partial charge in [0.2, 0.25) is 0 Å². The minimum atomic E-state index is -0.562. The highest BCUT2D eigenvalue weighted by atomic mass is 19.1. The Morgan fingerprint density at radius 2 is 2.05 bits per heavy atom. The average Bonchev–Trinajstić information content (AvgIpc) is 2.39. The van der Waals surface area contributed by atoms with Gasteiger partial charge in [-0.1, -0.05) is 19.3 Å². The standard InChI is InChI=1S/C15H21FN2O/c1-10(11-5-3-2-4-6-11)18-15(19)13-8-7-12(17)9-14(13)16/h7-11H,2-6,17H2,1H3,(H,18,19). The highest BCUT2D eigenvalue weighted by molar-refractivity contribution is 5.95. The number of hydrogen-bond donors (Lipinski definition) is 2. The number of nitrogens with one attached hydrogen (secondary N) is 1. The second-order valence-electron chi connectivity index (χ2n) is 5.40. The molecular weight excluding hydrogens is 243 g/mol. The van der Waals surface area contributed by atoms with Crippen molar-refractivity contribution in [1.82, 2.24) is 5.32 Å². The fourth-order valence-electron chi connectivity index (χ4n) is 2.75. The van der Waals surface area contributed by atoms with Crippen LogP contribution in [0.3, 0.4) is 0 Å². The molecule has 3 nitrogen and oxygen atoms in total. The number of nitrogens with two attached hydrogens (primary N) is 1. The zero-order valence-electron chi connectivity index (χ0n) is 11.3. The number of carbonyl (C=O) groups excluding carboxylic acids is 1. The van der Waals surface area contributed by atoms with Crippen LogP contribution in [0.5, 0.6) is 0 Å². The second kappa shape index (κ2) is 6.04. The maximum absolute atomic E-state index is 13.7. The van der Waals surface area contributed by atoms with E-state index in [-0.39, 0.29) is 17.5 Å². The van der Waals surface area contributed by atoms with Crippen LogP contribution in [-0.4, -0.2) is 11.9 Å². The van der Waals surface area contributed by atoms with Gasteiger partial charge in [0.15, 0.2) is 0 Å². The molecule has 2 rings (SSSR count). The number of carbonyl (C=O) groups is 1. The second-order valence-corrected chi connectivity index (χ2v) is 5.40. The molecule has 1 fully saturated rings. The summed E-state index contributed by atoms with van der Waals surface area (Å²) in [6.07, 6.45) is 6.02. The quantitative estimate of drug-likeness (QED) is 0.824. The van der Waals surface area contributed by atoms with E-state index < -0.39 is 5.82 Å². The molecule has 1 unspecified atom stereocenters. The molecule has 0 radical (unpaired) electrons. The SMILES string of the molecule is CC(NC(=O)c1ccc(N)cc1F)C1CCCCC1. The first-order valence-corrected chi connectivity index (χ1v) is 6.94. The van der Waals surface area contributed by atoms with Gasteiger partial charge in [-0.15, -0.1) is 0 Å². The van der Waals surface area contributed by atoms with Gasteiger partial charge in [0, 0.05) is 11.7 Å². The molecule has 1 amide bonds. The highest BCUT2D eigenvalue weighted by Gasteiger charge is 2.22. The van der Waals surface area contributed by atoms with Crippen LogP contribution < -0.4 is 11.1 Å². The largest absolute Gasteiger partial charge is 0.399 e. The van der Waals surface area contributed by atoms with Crippen molar-refractivity contribution < 1.29 is 9.18 Å². The molecule has 0 spiro atoms. The topological polar surface area (TPSA) is 55.1 Å². The van der Waals surface area contributed by atoms with E-state index in [1.165, 1.54) is 31.4 Å². The fourth-order valence-corrected chi connectivity index (χ4v) is 2.75. The van der Waals surface area contributed by atoms with E-state index in [9.17, 15) is 9.18 Å². The van der Waals surface area contributed by atoms with Crippen LogP contribution in [-0.2, 0) is 0 Å². The van der Waals surface area contributed by atoms with Gasteiger partial charge in [0.05, 0.1) is 5.56 Å². The lowest BCUT2D eigenvalue weighted by Crippen LogP contribution is -2.39. The average molecular weight is 264 g/mol. The monoisotopic (exact) mass is 264 g/mol. The smallest absolute Gasteiger partial charge is 0.254 e. The van der Waals surface area contributed by atoms with Crippen molar-refractivity contribution >= 4 is 11.6 Å². The maximum Gasteiger partial charge on any atom is 0.254 e. The molecule has 0 heterocycles. The molecule has 0 bridgehead atoms. The van der Waals surface area contributed by atoms with Crippen LogP contribution in [0.25, 0.3) is 0 Å². The van der Waals surface area contributed by atoms with Gasteiger partial charge in [-0.05, 0) is 43.9 Å². The van der Waals surface area contributed by atoms with E-state index >= 15 is 0 Å². The first-order valence-electron chi connectivity index (χ1n) is 6.94. The molecule has 1 aliphatic carbocycles. The summed E-state index contributed by atoms with van der Waals surface area (Å²) >= 11 is 0. The minimum Gasteiger partial charge on any atom is -0.399 e. The van der Waals surface area contributed by atoms with Gasteiger partial charge < -0.3 is 11.1 Å². The predicted molar refractivity (Wildman–Crippen MR) is 74.3 cm³/mol. The molecule has 104 valence electrons. The van der Waals surface area contributed by atoms with E-state index in [0.717, 1.165) is 12.8 Å². The van der Waals surface area contributed by atoms with Crippen molar-refractivity contribution in [2.75, 3.05) is 5.73 Å². The zero-order valence-corrected chi connectivity index (χ0v) is 11.3. The fraction of sp³-hybridized carbons (Fsp3) is 0.533. The van der Waals surface area contributed by atoms with Crippen LogP contribution >= 0.6 is 0 Å². The van der Waals surface area contributed by atoms with Crippen molar-refractivity contribution in [2.45, 2.75) is 45.1 Å². The number of halogens is 1. The zero-order chi connectivity index (χ0) is 13.8. The van der Waals surface area contributed by atoms with Gasteiger partial charge in [-0.2, -0.15) is 0 Å². The van der Waals surface area contributed by atoms with E-state index in [2.05, 4.69) is 5.32 Å². The Morgan fingerprint density at radius 1 is 1.37 bits per heavy atom. The number of nitrogen functional groups attached to an aromatic ring is 1. The first kappa shape index (κ1) is 13.8. The molecule has 1 aliphatic rings. The molecule has 1 atom stereocenters. The van der Waals surface area contributed by atoms with Gasteiger partial charge in [-0.3, -0.25) is 4.79 Å². The highest BCUT2D eigenvalue weighted by Crippen LogP contribution is 2.26. The number of rotatable bonds is 3. The van der Waals surface area contributed by atoms with Crippen LogP contribution in [0.2, 0.25) is 0 Å². The van der Waals surface area contributed by atoms with Crippen LogP contribution in [0.4, 0.5) is 10.1 Å². The number of anilines is 1. The normalized spacial score (nSPS) is 18.0. The van der Waals surface area contributed by atoms with Crippen LogP contribution in [0.1, 0.15) is 49.4 Å². The summed E-state index contributed by atoms with van der Waals surface area (Å²) < 4.78 is 13.7. The molecule has 1 aromatic carbocycles. The van der Waals surface area contributed by atoms with E-state index in [0.29, 0.717) is 11.6 Å².